The number of hydrogen-bond acceptors (Lipinski definition) is 1. The van der Waals surface area contributed by atoms with E-state index in [1.807, 2.05) is 13.0 Å². The van der Waals surface area contributed by atoms with Gasteiger partial charge in [0.15, 0.2) is 0 Å². The SMILES string of the molecule is Cc1cc2c(cc1Br)NC(C(F)(F)F)CC2. The number of alkyl halides is 3. The molecule has 0 spiro atoms. The normalized spacial score (nSPS) is 20.2. The molecule has 1 unspecified atom stereocenters. The van der Waals surface area contributed by atoms with Crippen molar-refractivity contribution in [3.63, 3.8) is 0 Å². The molecule has 1 nitrogen and oxygen atoms in total. The van der Waals surface area contributed by atoms with Crippen LogP contribution in [0.15, 0.2) is 16.6 Å². The third-order valence-electron chi connectivity index (χ3n) is 2.81. The number of benzene rings is 1. The van der Waals surface area contributed by atoms with Gasteiger partial charge in [0.25, 0.3) is 0 Å². The predicted octanol–water partition coefficient (Wildman–Crippen LogP) is 4.05. The van der Waals surface area contributed by atoms with Crippen LogP contribution in [0.3, 0.4) is 0 Å². The Labute approximate surface area is 100 Å². The molecule has 1 N–H and O–H groups in total. The van der Waals surface area contributed by atoms with Crippen LogP contribution in [0, 0.1) is 6.92 Å². The number of anilines is 1. The molecule has 1 aromatic carbocycles. The largest absolute Gasteiger partial charge is 0.408 e. The van der Waals surface area contributed by atoms with Gasteiger partial charge in [0, 0.05) is 10.2 Å². The Bertz CT molecular complexity index is 414. The second-order valence-corrected chi connectivity index (χ2v) is 4.89. The van der Waals surface area contributed by atoms with E-state index in [1.165, 1.54) is 0 Å². The van der Waals surface area contributed by atoms with Crippen LogP contribution in [-0.2, 0) is 6.42 Å². The zero-order valence-electron chi connectivity index (χ0n) is 8.66. The third kappa shape index (κ3) is 2.19. The number of fused-ring (bicyclic) bond motifs is 1. The highest BCUT2D eigenvalue weighted by atomic mass is 79.9. The maximum atomic E-state index is 12.5. The summed E-state index contributed by atoms with van der Waals surface area (Å²) in [6, 6.07) is 2.23. The second-order valence-electron chi connectivity index (χ2n) is 4.04. The lowest BCUT2D eigenvalue weighted by molar-refractivity contribution is -0.144. The molecule has 0 bridgehead atoms. The first kappa shape index (κ1) is 11.8. The van der Waals surface area contributed by atoms with Crippen molar-refractivity contribution in [2.45, 2.75) is 32.0 Å². The van der Waals surface area contributed by atoms with Gasteiger partial charge >= 0.3 is 6.18 Å². The molecule has 1 aliphatic heterocycles. The van der Waals surface area contributed by atoms with Crippen LogP contribution in [-0.4, -0.2) is 12.2 Å². The van der Waals surface area contributed by atoms with Crippen molar-refractivity contribution in [1.82, 2.24) is 0 Å². The van der Waals surface area contributed by atoms with Gasteiger partial charge in [-0.3, -0.25) is 0 Å². The molecule has 0 aliphatic carbocycles. The molecule has 2 rings (SSSR count). The molecule has 0 fully saturated rings. The topological polar surface area (TPSA) is 12.0 Å². The average molecular weight is 294 g/mol. The standard InChI is InChI=1S/C11H11BrF3N/c1-6-4-7-2-3-10(11(13,14)15)16-9(7)5-8(6)12/h4-5,10,16H,2-3H2,1H3. The Morgan fingerprint density at radius 3 is 2.69 bits per heavy atom. The summed E-state index contributed by atoms with van der Waals surface area (Å²) >= 11 is 3.32. The number of rotatable bonds is 0. The van der Waals surface area contributed by atoms with E-state index < -0.39 is 12.2 Å². The van der Waals surface area contributed by atoms with Crippen LogP contribution >= 0.6 is 15.9 Å². The maximum Gasteiger partial charge on any atom is 0.408 e. The van der Waals surface area contributed by atoms with Crippen molar-refractivity contribution in [3.8, 4) is 0 Å². The molecular formula is C11H11BrF3N. The van der Waals surface area contributed by atoms with Crippen LogP contribution in [0.5, 0.6) is 0 Å². The minimum absolute atomic E-state index is 0.109. The molecule has 5 heteroatoms. The van der Waals surface area contributed by atoms with Crippen molar-refractivity contribution in [2.75, 3.05) is 5.32 Å². The van der Waals surface area contributed by atoms with E-state index in [0.717, 1.165) is 15.6 Å². The Morgan fingerprint density at radius 2 is 2.06 bits per heavy atom. The lowest BCUT2D eigenvalue weighted by Crippen LogP contribution is -2.39. The van der Waals surface area contributed by atoms with Crippen LogP contribution < -0.4 is 5.32 Å². The zero-order chi connectivity index (χ0) is 11.9. The van der Waals surface area contributed by atoms with Gasteiger partial charge in [0.1, 0.15) is 6.04 Å². The van der Waals surface area contributed by atoms with Crippen LogP contribution in [0.25, 0.3) is 0 Å². The minimum Gasteiger partial charge on any atom is -0.374 e. The fraction of sp³-hybridized carbons (Fsp3) is 0.455. The number of aryl methyl sites for hydroxylation is 2. The summed E-state index contributed by atoms with van der Waals surface area (Å²) in [4.78, 5) is 0. The second kappa shape index (κ2) is 3.95. The highest BCUT2D eigenvalue weighted by molar-refractivity contribution is 9.10. The van der Waals surface area contributed by atoms with Crippen LogP contribution in [0.2, 0.25) is 0 Å². The third-order valence-corrected chi connectivity index (χ3v) is 3.67. The predicted molar refractivity (Wildman–Crippen MR) is 60.7 cm³/mol. The smallest absolute Gasteiger partial charge is 0.374 e. The Morgan fingerprint density at radius 1 is 1.38 bits per heavy atom. The molecule has 1 aromatic rings. The molecule has 1 aliphatic rings. The number of hydrogen-bond donors (Lipinski definition) is 1. The molecule has 0 amide bonds. The fourth-order valence-corrected chi connectivity index (χ4v) is 2.23. The van der Waals surface area contributed by atoms with Gasteiger partial charge in [0.05, 0.1) is 0 Å². The zero-order valence-corrected chi connectivity index (χ0v) is 10.2. The van der Waals surface area contributed by atoms with E-state index in [4.69, 9.17) is 0 Å². The first-order chi connectivity index (χ1) is 7.38. The molecule has 1 heterocycles. The molecule has 0 saturated heterocycles. The lowest BCUT2D eigenvalue weighted by atomic mass is 9.96. The first-order valence-electron chi connectivity index (χ1n) is 5.00. The molecule has 0 radical (unpaired) electrons. The first-order valence-corrected chi connectivity index (χ1v) is 5.79. The fourth-order valence-electron chi connectivity index (χ4n) is 1.89. The number of halogens is 4. The van der Waals surface area contributed by atoms with E-state index in [1.54, 1.807) is 6.07 Å². The van der Waals surface area contributed by atoms with Gasteiger partial charge in [-0.25, -0.2) is 0 Å². The molecule has 16 heavy (non-hydrogen) atoms. The summed E-state index contributed by atoms with van der Waals surface area (Å²) in [5.74, 6) is 0. The molecule has 0 saturated carbocycles. The van der Waals surface area contributed by atoms with Gasteiger partial charge < -0.3 is 5.32 Å². The summed E-state index contributed by atoms with van der Waals surface area (Å²) in [5.41, 5.74) is 2.60. The van der Waals surface area contributed by atoms with E-state index in [-0.39, 0.29) is 6.42 Å². The quantitative estimate of drug-likeness (QED) is 0.761. The summed E-state index contributed by atoms with van der Waals surface area (Å²) in [6.45, 7) is 1.93. The van der Waals surface area contributed by atoms with E-state index >= 15 is 0 Å². The van der Waals surface area contributed by atoms with Crippen LogP contribution in [0.4, 0.5) is 18.9 Å². The Balaban J connectivity index is 2.31. The van der Waals surface area contributed by atoms with Crippen LogP contribution in [0.1, 0.15) is 17.5 Å². The summed E-state index contributed by atoms with van der Waals surface area (Å²) in [7, 11) is 0. The van der Waals surface area contributed by atoms with Gasteiger partial charge in [-0.2, -0.15) is 13.2 Å². The average Bonchev–Trinajstić information content (AvgIpc) is 2.17. The summed E-state index contributed by atoms with van der Waals surface area (Å²) in [5, 5.41) is 2.55. The Hall–Kier alpha value is -0.710. The van der Waals surface area contributed by atoms with E-state index in [9.17, 15) is 13.2 Å². The van der Waals surface area contributed by atoms with Gasteiger partial charge in [0.2, 0.25) is 0 Å². The van der Waals surface area contributed by atoms with E-state index in [0.29, 0.717) is 12.1 Å². The van der Waals surface area contributed by atoms with Gasteiger partial charge in [-0.1, -0.05) is 22.0 Å². The summed E-state index contributed by atoms with van der Waals surface area (Å²) < 4.78 is 38.5. The highest BCUT2D eigenvalue weighted by Crippen LogP contribution is 2.35. The highest BCUT2D eigenvalue weighted by Gasteiger charge is 2.41. The van der Waals surface area contributed by atoms with Crippen molar-refractivity contribution in [1.29, 1.82) is 0 Å². The minimum atomic E-state index is -4.17. The van der Waals surface area contributed by atoms with Gasteiger partial charge in [-0.15, -0.1) is 0 Å². The molecule has 1 atom stereocenters. The maximum absolute atomic E-state index is 12.5. The van der Waals surface area contributed by atoms with Crippen molar-refractivity contribution >= 4 is 21.6 Å². The lowest BCUT2D eigenvalue weighted by Gasteiger charge is -2.29. The van der Waals surface area contributed by atoms with Gasteiger partial charge in [-0.05, 0) is 37.0 Å². The van der Waals surface area contributed by atoms with Crippen molar-refractivity contribution in [3.05, 3.63) is 27.7 Å². The molecule has 88 valence electrons. The van der Waals surface area contributed by atoms with Crippen molar-refractivity contribution in [2.24, 2.45) is 0 Å². The molecule has 0 aromatic heterocycles. The van der Waals surface area contributed by atoms with E-state index in [2.05, 4.69) is 21.2 Å². The number of nitrogens with one attached hydrogen (secondary N) is 1. The van der Waals surface area contributed by atoms with Crippen molar-refractivity contribution < 1.29 is 13.2 Å². The summed E-state index contributed by atoms with van der Waals surface area (Å²) in [6.07, 6.45) is -3.59. The molecular weight excluding hydrogens is 283 g/mol. The monoisotopic (exact) mass is 293 g/mol. The Kier molecular flexibility index (Phi) is 2.90.